The van der Waals surface area contributed by atoms with Crippen molar-refractivity contribution in [3.05, 3.63) is 35.4 Å². The maximum atomic E-state index is 12.0. The molecule has 19 heavy (non-hydrogen) atoms. The molecule has 1 saturated heterocycles. The second-order valence-electron chi connectivity index (χ2n) is 4.72. The van der Waals surface area contributed by atoms with E-state index in [9.17, 15) is 8.42 Å². The fourth-order valence-electron chi connectivity index (χ4n) is 2.18. The molecule has 0 bridgehead atoms. The first-order valence-electron chi connectivity index (χ1n) is 6.46. The van der Waals surface area contributed by atoms with Crippen LogP contribution in [0.5, 0.6) is 0 Å². The van der Waals surface area contributed by atoms with E-state index in [1.54, 1.807) is 6.07 Å². The van der Waals surface area contributed by atoms with Gasteiger partial charge in [-0.3, -0.25) is 0 Å². The molecule has 5 nitrogen and oxygen atoms in total. The zero-order valence-corrected chi connectivity index (χ0v) is 11.7. The molecular weight excluding hydrogens is 264 g/mol. The molecule has 1 aromatic rings. The summed E-state index contributed by atoms with van der Waals surface area (Å²) in [5, 5.41) is 0. The van der Waals surface area contributed by atoms with Crippen molar-refractivity contribution >= 4 is 10.0 Å². The summed E-state index contributed by atoms with van der Waals surface area (Å²) in [7, 11) is -3.34. The van der Waals surface area contributed by atoms with Crippen molar-refractivity contribution in [2.45, 2.75) is 31.2 Å². The van der Waals surface area contributed by atoms with Gasteiger partial charge in [-0.1, -0.05) is 24.3 Å². The molecule has 0 aliphatic carbocycles. The number of nitrogens with one attached hydrogen (secondary N) is 1. The number of hydrogen-bond acceptors (Lipinski definition) is 4. The third kappa shape index (κ3) is 4.28. The van der Waals surface area contributed by atoms with Gasteiger partial charge in [-0.15, -0.1) is 0 Å². The lowest BCUT2D eigenvalue weighted by Gasteiger charge is -2.12. The molecule has 1 atom stereocenters. The zero-order valence-electron chi connectivity index (χ0n) is 10.8. The molecular formula is C13H20N2O3S. The second-order valence-corrected chi connectivity index (χ2v) is 6.52. The Kier molecular flexibility index (Phi) is 4.93. The number of nitrogens with two attached hydrogens (primary N) is 1. The van der Waals surface area contributed by atoms with Crippen molar-refractivity contribution in [1.82, 2.24) is 4.72 Å². The van der Waals surface area contributed by atoms with Gasteiger partial charge in [-0.2, -0.15) is 0 Å². The van der Waals surface area contributed by atoms with E-state index in [1.807, 2.05) is 18.2 Å². The summed E-state index contributed by atoms with van der Waals surface area (Å²) >= 11 is 0. The van der Waals surface area contributed by atoms with Crippen LogP contribution in [0.2, 0.25) is 0 Å². The average Bonchev–Trinajstić information content (AvgIpc) is 2.90. The molecule has 0 radical (unpaired) electrons. The van der Waals surface area contributed by atoms with Gasteiger partial charge in [0.15, 0.2) is 0 Å². The molecule has 0 spiro atoms. The minimum absolute atomic E-state index is 0.0135. The Hall–Kier alpha value is -0.950. The van der Waals surface area contributed by atoms with Crippen LogP contribution in [0.25, 0.3) is 0 Å². The smallest absolute Gasteiger partial charge is 0.215 e. The van der Waals surface area contributed by atoms with Crippen molar-refractivity contribution in [2.24, 2.45) is 5.73 Å². The van der Waals surface area contributed by atoms with Crippen molar-refractivity contribution in [2.75, 3.05) is 13.2 Å². The van der Waals surface area contributed by atoms with E-state index in [2.05, 4.69) is 4.72 Å². The van der Waals surface area contributed by atoms with Crippen LogP contribution in [0.1, 0.15) is 24.0 Å². The summed E-state index contributed by atoms with van der Waals surface area (Å²) in [4.78, 5) is 0. The van der Waals surface area contributed by atoms with Crippen LogP contribution in [-0.4, -0.2) is 27.7 Å². The van der Waals surface area contributed by atoms with Crippen molar-refractivity contribution < 1.29 is 13.2 Å². The van der Waals surface area contributed by atoms with Crippen LogP contribution in [-0.2, 0) is 27.1 Å². The maximum Gasteiger partial charge on any atom is 0.215 e. The Morgan fingerprint density at radius 1 is 1.32 bits per heavy atom. The number of ether oxygens (including phenoxy) is 1. The van der Waals surface area contributed by atoms with Gasteiger partial charge in [0.1, 0.15) is 0 Å². The molecule has 0 amide bonds. The summed E-state index contributed by atoms with van der Waals surface area (Å²) < 4.78 is 32.0. The Balaban J connectivity index is 1.96. The Morgan fingerprint density at radius 2 is 2.05 bits per heavy atom. The highest BCUT2D eigenvalue weighted by atomic mass is 32.2. The van der Waals surface area contributed by atoms with Gasteiger partial charge >= 0.3 is 0 Å². The minimum Gasteiger partial charge on any atom is -0.377 e. The maximum absolute atomic E-state index is 12.0. The molecule has 1 heterocycles. The molecule has 1 aliphatic rings. The fraction of sp³-hybridized carbons (Fsp3) is 0.538. The average molecular weight is 284 g/mol. The van der Waals surface area contributed by atoms with Crippen LogP contribution in [0, 0.1) is 0 Å². The van der Waals surface area contributed by atoms with E-state index in [0.717, 1.165) is 30.6 Å². The van der Waals surface area contributed by atoms with Gasteiger partial charge in [0.2, 0.25) is 10.0 Å². The molecule has 1 aliphatic heterocycles. The zero-order chi connectivity index (χ0) is 13.7. The van der Waals surface area contributed by atoms with Crippen LogP contribution < -0.4 is 10.5 Å². The molecule has 2 rings (SSSR count). The highest BCUT2D eigenvalue weighted by Gasteiger charge is 2.19. The van der Waals surface area contributed by atoms with E-state index in [4.69, 9.17) is 10.5 Å². The number of hydrogen-bond donors (Lipinski definition) is 2. The molecule has 3 N–H and O–H groups in total. The topological polar surface area (TPSA) is 81.4 Å². The van der Waals surface area contributed by atoms with E-state index in [-0.39, 0.29) is 11.9 Å². The lowest BCUT2D eigenvalue weighted by molar-refractivity contribution is 0.114. The van der Waals surface area contributed by atoms with Crippen LogP contribution >= 0.6 is 0 Å². The SMILES string of the molecule is NCc1ccccc1CS(=O)(=O)NCC1CCCO1. The predicted molar refractivity (Wildman–Crippen MR) is 73.9 cm³/mol. The Labute approximate surface area is 114 Å². The third-order valence-corrected chi connectivity index (χ3v) is 4.54. The normalized spacial score (nSPS) is 19.7. The first kappa shape index (κ1) is 14.5. The Morgan fingerprint density at radius 3 is 2.68 bits per heavy atom. The summed E-state index contributed by atoms with van der Waals surface area (Å²) in [6.45, 7) is 1.42. The summed E-state index contributed by atoms with van der Waals surface area (Å²) in [5.41, 5.74) is 7.23. The lowest BCUT2D eigenvalue weighted by atomic mass is 10.1. The highest BCUT2D eigenvalue weighted by Crippen LogP contribution is 2.13. The summed E-state index contributed by atoms with van der Waals surface area (Å²) in [6, 6.07) is 7.33. The largest absolute Gasteiger partial charge is 0.377 e. The third-order valence-electron chi connectivity index (χ3n) is 3.24. The number of rotatable bonds is 6. The van der Waals surface area contributed by atoms with E-state index < -0.39 is 10.0 Å². The first-order chi connectivity index (χ1) is 9.11. The fourth-order valence-corrected chi connectivity index (χ4v) is 3.41. The molecule has 6 heteroatoms. The molecule has 0 aromatic heterocycles. The second kappa shape index (κ2) is 6.47. The standard InChI is InChI=1S/C13H20N2O3S/c14-8-11-4-1-2-5-12(11)10-19(16,17)15-9-13-6-3-7-18-13/h1-2,4-5,13,15H,3,6-10,14H2. The van der Waals surface area contributed by atoms with E-state index in [1.165, 1.54) is 0 Å². The summed E-state index contributed by atoms with van der Waals surface area (Å²) in [5.74, 6) is -0.0346. The number of sulfonamides is 1. The quantitative estimate of drug-likeness (QED) is 0.807. The van der Waals surface area contributed by atoms with Gasteiger partial charge in [0.25, 0.3) is 0 Å². The van der Waals surface area contributed by atoms with Gasteiger partial charge < -0.3 is 10.5 Å². The van der Waals surface area contributed by atoms with Gasteiger partial charge in [0, 0.05) is 19.7 Å². The van der Waals surface area contributed by atoms with Crippen LogP contribution in [0.4, 0.5) is 0 Å². The molecule has 106 valence electrons. The van der Waals surface area contributed by atoms with Crippen molar-refractivity contribution in [3.8, 4) is 0 Å². The van der Waals surface area contributed by atoms with Crippen LogP contribution in [0.15, 0.2) is 24.3 Å². The van der Waals surface area contributed by atoms with Gasteiger partial charge in [0.05, 0.1) is 11.9 Å². The molecule has 1 aromatic carbocycles. The number of benzene rings is 1. The van der Waals surface area contributed by atoms with E-state index >= 15 is 0 Å². The minimum atomic E-state index is -3.34. The lowest BCUT2D eigenvalue weighted by Crippen LogP contribution is -2.32. The highest BCUT2D eigenvalue weighted by molar-refractivity contribution is 7.88. The van der Waals surface area contributed by atoms with Gasteiger partial charge in [-0.25, -0.2) is 13.1 Å². The molecule has 1 fully saturated rings. The molecule has 0 saturated carbocycles. The van der Waals surface area contributed by atoms with Gasteiger partial charge in [-0.05, 0) is 24.0 Å². The predicted octanol–water partition coefficient (Wildman–Crippen LogP) is 0.744. The summed E-state index contributed by atoms with van der Waals surface area (Å²) in [6.07, 6.45) is 1.93. The monoisotopic (exact) mass is 284 g/mol. The van der Waals surface area contributed by atoms with Crippen molar-refractivity contribution in [3.63, 3.8) is 0 Å². The van der Waals surface area contributed by atoms with E-state index in [0.29, 0.717) is 13.1 Å². The van der Waals surface area contributed by atoms with Crippen LogP contribution in [0.3, 0.4) is 0 Å². The van der Waals surface area contributed by atoms with Crippen molar-refractivity contribution in [1.29, 1.82) is 0 Å². The molecule has 1 unspecified atom stereocenters. The first-order valence-corrected chi connectivity index (χ1v) is 8.12. The Bertz CT molecular complexity index is 510.